The van der Waals surface area contributed by atoms with E-state index >= 15 is 0 Å². The van der Waals surface area contributed by atoms with Gasteiger partial charge in [-0.2, -0.15) is 0 Å². The van der Waals surface area contributed by atoms with Crippen LogP contribution >= 0.6 is 0 Å². The Labute approximate surface area is 60.3 Å². The van der Waals surface area contributed by atoms with Crippen molar-refractivity contribution in [3.05, 3.63) is 0 Å². The van der Waals surface area contributed by atoms with Gasteiger partial charge < -0.3 is 9.47 Å². The van der Waals surface area contributed by atoms with Gasteiger partial charge in [-0.25, -0.2) is 4.39 Å². The van der Waals surface area contributed by atoms with E-state index in [4.69, 9.17) is 9.47 Å². The maximum absolute atomic E-state index is 13.0. The summed E-state index contributed by atoms with van der Waals surface area (Å²) in [5, 5.41) is 0. The van der Waals surface area contributed by atoms with Gasteiger partial charge in [-0.3, -0.25) is 0 Å². The molecule has 1 fully saturated rings. The molecular weight excluding hydrogens is 135 g/mol. The molecule has 3 heteroatoms. The standard InChI is InChI=1S/C7H13FO2/c1-6(2)10-5-7(8)3-9-4-7/h6H,3-5H2,1-2H3. The van der Waals surface area contributed by atoms with Gasteiger partial charge in [-0.15, -0.1) is 0 Å². The van der Waals surface area contributed by atoms with Crippen molar-refractivity contribution in [2.75, 3.05) is 19.8 Å². The average molecular weight is 148 g/mol. The molecule has 0 aromatic carbocycles. The Kier molecular flexibility index (Phi) is 2.26. The number of hydrogen-bond acceptors (Lipinski definition) is 2. The van der Waals surface area contributed by atoms with Crippen LogP contribution in [0, 0.1) is 0 Å². The van der Waals surface area contributed by atoms with Crippen LogP contribution < -0.4 is 0 Å². The largest absolute Gasteiger partial charge is 0.375 e. The van der Waals surface area contributed by atoms with Gasteiger partial charge in [0.25, 0.3) is 0 Å². The van der Waals surface area contributed by atoms with Gasteiger partial charge >= 0.3 is 0 Å². The van der Waals surface area contributed by atoms with Gasteiger partial charge in [0.15, 0.2) is 5.67 Å². The van der Waals surface area contributed by atoms with Crippen LogP contribution in [0.1, 0.15) is 13.8 Å². The molecule has 0 unspecified atom stereocenters. The molecule has 60 valence electrons. The Morgan fingerprint density at radius 2 is 2.20 bits per heavy atom. The van der Waals surface area contributed by atoms with Crippen molar-refractivity contribution in [3.8, 4) is 0 Å². The molecule has 10 heavy (non-hydrogen) atoms. The normalized spacial score (nSPS) is 22.8. The van der Waals surface area contributed by atoms with Crippen molar-refractivity contribution >= 4 is 0 Å². The highest BCUT2D eigenvalue weighted by Gasteiger charge is 2.39. The molecule has 1 saturated heterocycles. The summed E-state index contributed by atoms with van der Waals surface area (Å²) in [5.41, 5.74) is -1.19. The number of rotatable bonds is 3. The lowest BCUT2D eigenvalue weighted by Crippen LogP contribution is -2.49. The molecule has 0 N–H and O–H groups in total. The topological polar surface area (TPSA) is 18.5 Å². The van der Waals surface area contributed by atoms with Gasteiger partial charge in [-0.05, 0) is 13.8 Å². The number of ether oxygens (including phenoxy) is 2. The summed E-state index contributed by atoms with van der Waals surface area (Å²) >= 11 is 0. The zero-order chi connectivity index (χ0) is 7.61. The van der Waals surface area contributed by atoms with Crippen LogP contribution in [0.25, 0.3) is 0 Å². The molecule has 0 atom stereocenters. The van der Waals surface area contributed by atoms with E-state index in [1.165, 1.54) is 0 Å². The maximum atomic E-state index is 13.0. The van der Waals surface area contributed by atoms with E-state index in [-0.39, 0.29) is 25.9 Å². The highest BCUT2D eigenvalue weighted by atomic mass is 19.1. The van der Waals surface area contributed by atoms with E-state index in [9.17, 15) is 4.39 Å². The van der Waals surface area contributed by atoms with Gasteiger partial charge in [0, 0.05) is 0 Å². The second kappa shape index (κ2) is 2.84. The molecule has 1 aliphatic rings. The third-order valence-electron chi connectivity index (χ3n) is 1.40. The quantitative estimate of drug-likeness (QED) is 0.597. The minimum atomic E-state index is -1.19. The number of halogens is 1. The summed E-state index contributed by atoms with van der Waals surface area (Å²) in [4.78, 5) is 0. The Balaban J connectivity index is 2.12. The first-order valence-electron chi connectivity index (χ1n) is 3.51. The highest BCUT2D eigenvalue weighted by Crippen LogP contribution is 2.22. The number of hydrogen-bond donors (Lipinski definition) is 0. The Hall–Kier alpha value is -0.150. The Bertz CT molecular complexity index is 110. The van der Waals surface area contributed by atoms with Crippen molar-refractivity contribution in [2.24, 2.45) is 0 Å². The van der Waals surface area contributed by atoms with Gasteiger partial charge in [0.2, 0.25) is 0 Å². The Morgan fingerprint density at radius 3 is 2.50 bits per heavy atom. The third-order valence-corrected chi connectivity index (χ3v) is 1.40. The van der Waals surface area contributed by atoms with E-state index in [0.29, 0.717) is 0 Å². The summed E-state index contributed by atoms with van der Waals surface area (Å²) in [6, 6.07) is 0. The first kappa shape index (κ1) is 7.95. The second-order valence-corrected chi connectivity index (χ2v) is 3.00. The van der Waals surface area contributed by atoms with Crippen molar-refractivity contribution in [2.45, 2.75) is 25.6 Å². The SMILES string of the molecule is CC(C)OCC1(F)COC1. The zero-order valence-corrected chi connectivity index (χ0v) is 6.39. The fourth-order valence-corrected chi connectivity index (χ4v) is 0.723. The molecule has 0 aromatic rings. The lowest BCUT2D eigenvalue weighted by atomic mass is 10.1. The van der Waals surface area contributed by atoms with Crippen LogP contribution in [-0.2, 0) is 9.47 Å². The molecule has 1 heterocycles. The zero-order valence-electron chi connectivity index (χ0n) is 6.39. The van der Waals surface area contributed by atoms with Crippen molar-refractivity contribution in [1.29, 1.82) is 0 Å². The highest BCUT2D eigenvalue weighted by molar-refractivity contribution is 4.85. The first-order valence-corrected chi connectivity index (χ1v) is 3.51. The van der Waals surface area contributed by atoms with Crippen LogP contribution in [0.15, 0.2) is 0 Å². The lowest BCUT2D eigenvalue weighted by Gasteiger charge is -2.33. The fourth-order valence-electron chi connectivity index (χ4n) is 0.723. The molecule has 0 aliphatic carbocycles. The third kappa shape index (κ3) is 1.92. The predicted molar refractivity (Wildman–Crippen MR) is 35.7 cm³/mol. The van der Waals surface area contributed by atoms with Crippen LogP contribution in [0.5, 0.6) is 0 Å². The summed E-state index contributed by atoms with van der Waals surface area (Å²) in [7, 11) is 0. The molecule has 0 spiro atoms. The molecule has 0 saturated carbocycles. The molecule has 1 aliphatic heterocycles. The summed E-state index contributed by atoms with van der Waals surface area (Å²) < 4.78 is 22.8. The van der Waals surface area contributed by atoms with E-state index in [1.807, 2.05) is 13.8 Å². The monoisotopic (exact) mass is 148 g/mol. The molecule has 0 aromatic heterocycles. The smallest absolute Gasteiger partial charge is 0.180 e. The van der Waals surface area contributed by atoms with Crippen LogP contribution in [0.3, 0.4) is 0 Å². The van der Waals surface area contributed by atoms with E-state index in [1.54, 1.807) is 0 Å². The van der Waals surface area contributed by atoms with Crippen molar-refractivity contribution < 1.29 is 13.9 Å². The molecular formula is C7H13FO2. The molecule has 2 nitrogen and oxygen atoms in total. The van der Waals surface area contributed by atoms with Crippen molar-refractivity contribution in [1.82, 2.24) is 0 Å². The van der Waals surface area contributed by atoms with Gasteiger partial charge in [-0.1, -0.05) is 0 Å². The van der Waals surface area contributed by atoms with E-state index < -0.39 is 5.67 Å². The Morgan fingerprint density at radius 1 is 1.60 bits per heavy atom. The second-order valence-electron chi connectivity index (χ2n) is 3.00. The van der Waals surface area contributed by atoms with Crippen LogP contribution in [0.2, 0.25) is 0 Å². The lowest BCUT2D eigenvalue weighted by molar-refractivity contribution is -0.167. The first-order chi connectivity index (χ1) is 4.62. The van der Waals surface area contributed by atoms with Crippen LogP contribution in [0.4, 0.5) is 4.39 Å². The predicted octanol–water partition coefficient (Wildman–Crippen LogP) is 1.15. The molecule has 0 radical (unpaired) electrons. The molecule has 0 amide bonds. The van der Waals surface area contributed by atoms with E-state index in [0.717, 1.165) is 0 Å². The minimum Gasteiger partial charge on any atom is -0.375 e. The van der Waals surface area contributed by atoms with Crippen molar-refractivity contribution in [3.63, 3.8) is 0 Å². The summed E-state index contributed by atoms with van der Waals surface area (Å²) in [5.74, 6) is 0. The summed E-state index contributed by atoms with van der Waals surface area (Å²) in [6.07, 6.45) is 0.105. The molecule has 1 rings (SSSR count). The number of alkyl halides is 1. The van der Waals surface area contributed by atoms with E-state index in [2.05, 4.69) is 0 Å². The fraction of sp³-hybridized carbons (Fsp3) is 1.00. The summed E-state index contributed by atoms with van der Waals surface area (Å²) in [6.45, 7) is 4.34. The minimum absolute atomic E-state index is 0.105. The van der Waals surface area contributed by atoms with Gasteiger partial charge in [0.1, 0.15) is 0 Å². The molecule has 0 bridgehead atoms. The van der Waals surface area contributed by atoms with Crippen LogP contribution in [-0.4, -0.2) is 31.6 Å². The van der Waals surface area contributed by atoms with Gasteiger partial charge in [0.05, 0.1) is 25.9 Å². The maximum Gasteiger partial charge on any atom is 0.180 e. The average Bonchev–Trinajstić information content (AvgIpc) is 1.79.